The first-order valence-corrected chi connectivity index (χ1v) is 43.5. The molecule has 8 fully saturated rings. The molecule has 0 amide bonds. The molecule has 4 saturated carbocycles. The second-order valence-corrected chi connectivity index (χ2v) is 36.2. The van der Waals surface area contributed by atoms with E-state index in [0.29, 0.717) is 72.4 Å². The minimum Gasteiger partial charge on any atom is -0.423 e. The first-order valence-electron chi connectivity index (χ1n) is 43.5. The number of benzene rings is 4. The lowest BCUT2D eigenvalue weighted by atomic mass is 9.60. The normalized spacial score (nSPS) is 22.0. The Bertz CT molecular complexity index is 6290. The number of hydrogen-bond donors (Lipinski definition) is 8. The fourth-order valence-corrected chi connectivity index (χ4v) is 20.9. The van der Waals surface area contributed by atoms with Gasteiger partial charge < -0.3 is 82.7 Å². The topological polar surface area (TPSA) is 357 Å². The lowest BCUT2D eigenvalue weighted by molar-refractivity contribution is 0.0558. The summed E-state index contributed by atoms with van der Waals surface area (Å²) in [4.78, 5) is 64.0. The van der Waals surface area contributed by atoms with Crippen molar-refractivity contribution in [2.24, 2.45) is 57.4 Å². The Balaban J connectivity index is 0.000000103. The quantitative estimate of drug-likeness (QED) is 0.0417. The van der Waals surface area contributed by atoms with Crippen LogP contribution in [0.25, 0.3) is 44.5 Å². The van der Waals surface area contributed by atoms with Crippen LogP contribution >= 0.6 is 0 Å². The predicted octanol–water partition coefficient (Wildman–Crippen LogP) is 13.9. The molecule has 0 bridgehead atoms. The number of aryl methyl sites for hydroxylation is 4. The molecule has 24 rings (SSSR count). The zero-order chi connectivity index (χ0) is 87.3. The molecule has 12 aliphatic rings. The summed E-state index contributed by atoms with van der Waals surface area (Å²) in [5, 5.41) is 12.5. The summed E-state index contributed by atoms with van der Waals surface area (Å²) < 4.78 is 81.8. The van der Waals surface area contributed by atoms with Crippen LogP contribution in [0.15, 0.2) is 122 Å². The highest BCUT2D eigenvalue weighted by atomic mass is 19.1. The van der Waals surface area contributed by atoms with E-state index in [2.05, 4.69) is 60.8 Å². The first kappa shape index (κ1) is 81.0. The molecule has 0 radical (unpaired) electrons. The molecule has 4 aliphatic heterocycles. The van der Waals surface area contributed by atoms with Crippen molar-refractivity contribution in [3.8, 4) is 91.5 Å². The van der Waals surface area contributed by atoms with E-state index in [4.69, 9.17) is 81.8 Å². The zero-order valence-electron chi connectivity index (χ0n) is 71.8. The molecule has 32 heteroatoms. The number of nitrogens with two attached hydrogens (primary N) is 4. The van der Waals surface area contributed by atoms with Gasteiger partial charge in [0.25, 0.3) is 0 Å². The van der Waals surface area contributed by atoms with E-state index in [1.165, 1.54) is 24.3 Å². The standard InChI is InChI=1S/3C24H25FN6O.C23H23FN6O/c1-12-3-15(9-28-8-12)32-24-29-21-7-16-17(5-14(25)6-20(16)27-2)22(21)23(30-24)31-10-13-4-19(26)18(13)11-31;1-13-5-15(11-28-10-13)32-23-29-19-8-16-17(6-14(25)7-18(16)27-2)21(19)22(30-23)31-4-3-24(12-31)9-20(24)26;1-13-5-15(10-28-9-13)32-23-29-19-8-16-17(6-14(25)7-18(16)27-2)21(19)22(30-23)31-11-24(12-31)4-3-20(24)26;1-11-3-13(8-27-7-11)31-23-28-19-6-14-15(4-12(24)5-18(14)26-2)20(19)22(29-23)30-9-16-17(10-30)21(16)25/h3,5-6,8-9,13,18-19,27H,4,7,10-11,26H2,1-2H3;5-7,10-11,20,27H,3-4,8-9,12,26H2,1-2H3;5-7,9-10,20,27H,3-4,8,11-12,26H2,1-2H3;3-5,7-8,16-17,21,26H,6,9-10,25H2,1-2H3/t13?,18?,19-;;20-;/m1.1./s1. The molecule has 4 saturated heterocycles. The molecule has 6 unspecified atom stereocenters. The van der Waals surface area contributed by atoms with Gasteiger partial charge >= 0.3 is 24.0 Å². The third kappa shape index (κ3) is 14.8. The molecular formula is C95H98F4N24O4. The minimum absolute atomic E-state index is 0.179. The van der Waals surface area contributed by atoms with Crippen molar-refractivity contribution >= 4 is 46.0 Å². The minimum atomic E-state index is -0.279. The van der Waals surface area contributed by atoms with E-state index < -0.39 is 0 Å². The van der Waals surface area contributed by atoms with E-state index in [1.807, 2.05) is 66.1 Å². The summed E-state index contributed by atoms with van der Waals surface area (Å²) in [6.07, 6.45) is 21.4. The second-order valence-electron chi connectivity index (χ2n) is 36.2. The molecule has 4 aromatic carbocycles. The van der Waals surface area contributed by atoms with Gasteiger partial charge in [0.15, 0.2) is 0 Å². The lowest BCUT2D eigenvalue weighted by Gasteiger charge is -2.60. The summed E-state index contributed by atoms with van der Waals surface area (Å²) in [5.74, 6) is 6.51. The van der Waals surface area contributed by atoms with E-state index in [9.17, 15) is 17.6 Å². The van der Waals surface area contributed by atoms with Gasteiger partial charge in [-0.25, -0.2) is 17.6 Å². The van der Waals surface area contributed by atoms with Gasteiger partial charge in [-0.15, -0.1) is 0 Å². The fraction of sp³-hybridized carbons (Fsp3) is 0.368. The van der Waals surface area contributed by atoms with Gasteiger partial charge in [0.2, 0.25) is 0 Å². The molecule has 8 atom stereocenters. The SMILES string of the molecule is CNc1cc(F)cc2c1Cc1nc(Oc3cncc(C)c3)nc(N3CC4(CC[C@H]4N)C3)c1-2.CNc1cc(F)cc2c1Cc1nc(Oc3cncc(C)c3)nc(N3CC4C(N)C4C3)c1-2.CNc1cc(F)cc2c1Cc1nc(Oc3cncc(C)c3)nc(N3CC4C[C@@H](N)C4C3)c1-2.CNc1cc(F)cc2c1Cc1nc(Oc3cncc(C)c3)nc(N3CCC4(CC4N)C3)c1-2. The van der Waals surface area contributed by atoms with Crippen molar-refractivity contribution < 1.29 is 36.5 Å². The van der Waals surface area contributed by atoms with Crippen molar-refractivity contribution in [1.82, 2.24) is 59.8 Å². The van der Waals surface area contributed by atoms with Gasteiger partial charge in [0, 0.05) is 211 Å². The number of anilines is 8. The van der Waals surface area contributed by atoms with Crippen LogP contribution in [0.1, 0.15) is 99.4 Å². The van der Waals surface area contributed by atoms with Crippen molar-refractivity contribution in [1.29, 1.82) is 0 Å². The highest BCUT2D eigenvalue weighted by Gasteiger charge is 2.58. The van der Waals surface area contributed by atoms with Crippen LogP contribution in [-0.4, -0.2) is 165 Å². The van der Waals surface area contributed by atoms with Crippen LogP contribution < -0.4 is 82.7 Å². The Hall–Kier alpha value is -13.0. The highest BCUT2D eigenvalue weighted by molar-refractivity contribution is 5.92. The maximum absolute atomic E-state index is 14.5. The van der Waals surface area contributed by atoms with Gasteiger partial charge in [-0.3, -0.25) is 19.9 Å². The van der Waals surface area contributed by atoms with E-state index in [-0.39, 0.29) is 82.3 Å². The Kier molecular flexibility index (Phi) is 20.1. The van der Waals surface area contributed by atoms with Crippen LogP contribution in [0, 0.1) is 85.5 Å². The summed E-state index contributed by atoms with van der Waals surface area (Å²) in [5.41, 5.74) is 46.9. The van der Waals surface area contributed by atoms with Crippen LogP contribution in [0.4, 0.5) is 63.6 Å². The highest BCUT2D eigenvalue weighted by Crippen LogP contribution is 2.58. The number of aromatic nitrogens is 12. The van der Waals surface area contributed by atoms with E-state index in [0.717, 1.165) is 242 Å². The molecule has 8 aliphatic carbocycles. The lowest BCUT2D eigenvalue weighted by Crippen LogP contribution is -2.69. The molecule has 12 aromatic rings. The molecule has 12 heterocycles. The largest absolute Gasteiger partial charge is 0.423 e. The monoisotopic (exact) mass is 1710 g/mol. The van der Waals surface area contributed by atoms with Gasteiger partial charge in [-0.1, -0.05) is 0 Å². The van der Waals surface area contributed by atoms with E-state index in [1.54, 1.807) is 87.9 Å². The maximum atomic E-state index is 14.5. The van der Waals surface area contributed by atoms with Crippen molar-refractivity contribution in [2.75, 3.05) is 121 Å². The molecule has 2 spiro atoms. The van der Waals surface area contributed by atoms with Gasteiger partial charge in [0.1, 0.15) is 69.5 Å². The van der Waals surface area contributed by atoms with E-state index >= 15 is 0 Å². The first-order chi connectivity index (χ1) is 61.4. The Morgan fingerprint density at radius 3 is 0.984 bits per heavy atom. The smallest absolute Gasteiger partial charge is 0.324 e. The van der Waals surface area contributed by atoms with Gasteiger partial charge in [0.05, 0.1) is 47.6 Å². The van der Waals surface area contributed by atoms with Crippen molar-refractivity contribution in [2.45, 2.75) is 110 Å². The molecule has 650 valence electrons. The fourth-order valence-electron chi connectivity index (χ4n) is 20.9. The second kappa shape index (κ2) is 31.5. The zero-order valence-corrected chi connectivity index (χ0v) is 71.8. The molecule has 8 aromatic heterocycles. The van der Waals surface area contributed by atoms with Crippen LogP contribution in [0.2, 0.25) is 0 Å². The Morgan fingerprint density at radius 2 is 0.693 bits per heavy atom. The average Bonchev–Trinajstić information content (AvgIpc) is 1.70. The number of rotatable bonds is 16. The predicted molar refractivity (Wildman–Crippen MR) is 478 cm³/mol. The Labute approximate surface area is 731 Å². The summed E-state index contributed by atoms with van der Waals surface area (Å²) in [6, 6.07) is 22.2. The molecule has 12 N–H and O–H groups in total. The maximum Gasteiger partial charge on any atom is 0.324 e. The third-order valence-corrected chi connectivity index (χ3v) is 27.9. The molecular weight excluding hydrogens is 1620 g/mol. The molecule has 127 heavy (non-hydrogen) atoms. The Morgan fingerprint density at radius 1 is 0.370 bits per heavy atom. The number of halogens is 4. The number of ether oxygens (including phenoxy) is 4. The summed E-state index contributed by atoms with van der Waals surface area (Å²) >= 11 is 0. The van der Waals surface area contributed by atoms with Crippen LogP contribution in [0.5, 0.6) is 47.0 Å². The van der Waals surface area contributed by atoms with Gasteiger partial charge in [-0.05, 0) is 223 Å². The van der Waals surface area contributed by atoms with Crippen LogP contribution in [-0.2, 0) is 25.7 Å². The van der Waals surface area contributed by atoms with Gasteiger partial charge in [-0.2, -0.15) is 39.9 Å². The van der Waals surface area contributed by atoms with Crippen LogP contribution in [0.3, 0.4) is 0 Å². The van der Waals surface area contributed by atoms with Crippen molar-refractivity contribution in [3.63, 3.8) is 0 Å². The average molecular weight is 1720 g/mol. The number of fused-ring (bicyclic) bond motifs is 14. The number of nitrogens with zero attached hydrogens (tertiary/aromatic N) is 16. The summed E-state index contributed by atoms with van der Waals surface area (Å²) in [7, 11) is 7.23. The van der Waals surface area contributed by atoms with Crippen molar-refractivity contribution in [3.05, 3.63) is 213 Å². The number of pyridine rings is 4. The third-order valence-electron chi connectivity index (χ3n) is 27.9. The number of nitrogens with one attached hydrogen (secondary N) is 4. The number of piperidine rings is 1. The molecule has 28 nitrogen and oxygen atoms in total. The summed E-state index contributed by atoms with van der Waals surface area (Å²) in [6.45, 7) is 14.7. The number of hydrogen-bond acceptors (Lipinski definition) is 28.